The number of hydrogen-bond acceptors (Lipinski definition) is 20. The number of aliphatic hydroxyl groups is 4. The molecule has 4 N–H and O–H groups in total. The summed E-state index contributed by atoms with van der Waals surface area (Å²) >= 11 is 0. The number of carbonyl (C=O) groups is 2. The lowest BCUT2D eigenvalue weighted by atomic mass is 9.78. The lowest BCUT2D eigenvalue weighted by Gasteiger charge is -2.47. The molecule has 114 heavy (non-hydrogen) atoms. The van der Waals surface area contributed by atoms with Gasteiger partial charge in [-0.05, 0) is 158 Å². The van der Waals surface area contributed by atoms with Gasteiger partial charge in [0.1, 0.15) is 22.7 Å². The third-order valence-corrected chi connectivity index (χ3v) is 54.2. The number of rotatable bonds is 44. The van der Waals surface area contributed by atoms with E-state index in [4.69, 9.17) is 64.7 Å². The van der Waals surface area contributed by atoms with Gasteiger partial charge in [0.25, 0.3) is 0 Å². The Balaban J connectivity index is 0.000000590. The fourth-order valence-electron chi connectivity index (χ4n) is 12.3. The van der Waals surface area contributed by atoms with Crippen LogP contribution in [0.25, 0.3) is 0 Å². The number of benzene rings is 2. The predicted octanol–water partition coefficient (Wildman–Crippen LogP) is 17.6. The predicted molar refractivity (Wildman–Crippen MR) is 474 cm³/mol. The van der Waals surface area contributed by atoms with E-state index < -0.39 is 133 Å². The maximum atomic E-state index is 13.2. The fourth-order valence-corrected chi connectivity index (χ4v) is 19.3. The summed E-state index contributed by atoms with van der Waals surface area (Å²) in [7, 11) is -5.32. The number of ether oxygens (including phenoxy) is 6. The van der Waals surface area contributed by atoms with Gasteiger partial charge in [-0.15, -0.1) is 0 Å². The molecule has 0 saturated carbocycles. The van der Waals surface area contributed by atoms with Gasteiger partial charge in [-0.3, -0.25) is 19.3 Å². The van der Waals surface area contributed by atoms with Gasteiger partial charge in [0.05, 0.1) is 117 Å². The minimum atomic E-state index is -2.52. The van der Waals surface area contributed by atoms with Crippen molar-refractivity contribution in [1.29, 1.82) is 0 Å². The van der Waals surface area contributed by atoms with Crippen molar-refractivity contribution in [3.05, 3.63) is 59.7 Å². The molecule has 0 aromatic heterocycles. The highest BCUT2D eigenvalue weighted by molar-refractivity contribution is 6.76. The highest BCUT2D eigenvalue weighted by Crippen LogP contribution is 2.55. The molecule has 28 heteroatoms. The molecule has 0 bridgehead atoms. The van der Waals surface area contributed by atoms with Crippen LogP contribution < -0.4 is 9.47 Å². The number of carbonyl (C=O) groups excluding carboxylic acids is 2. The van der Waals surface area contributed by atoms with E-state index in [1.165, 1.54) is 28.3 Å². The first-order chi connectivity index (χ1) is 51.5. The van der Waals surface area contributed by atoms with Gasteiger partial charge in [-0.1, -0.05) is 163 Å². The molecule has 2 aliphatic heterocycles. The van der Waals surface area contributed by atoms with Crippen molar-refractivity contribution in [2.45, 2.75) is 347 Å². The standard InChI is InChI=1S/2C43H83NO10Si3/c2*1-30(26-50-27-31-21-23-32(48-13)24-22-31)38-43(11,53-38)39(54-57(19,20)42(8,9)10)34(29-52-56(17,18)41(5,6)7)37(47)33(28-51-55(15,16)40(2,3)4)35(45)25-36(46)44(12)49-14/h2*21-24,30,33-35,37-39,45,47H,25-29H2,1-20H3/t30-,33-,34-,35+,37-,38+,39-,43+;30-,33-,34-,35-,37-,38+,39-,43+/m00/s1. The van der Waals surface area contributed by atoms with E-state index >= 15 is 0 Å². The van der Waals surface area contributed by atoms with Gasteiger partial charge >= 0.3 is 0 Å². The van der Waals surface area contributed by atoms with E-state index in [1.807, 2.05) is 48.5 Å². The molecule has 0 unspecified atom stereocenters. The van der Waals surface area contributed by atoms with Crippen molar-refractivity contribution in [3.8, 4) is 11.5 Å². The molecular formula is C86H166N2O20Si6. The third kappa shape index (κ3) is 28.9. The highest BCUT2D eigenvalue weighted by atomic mass is 28.4. The molecule has 2 heterocycles. The summed E-state index contributed by atoms with van der Waals surface area (Å²) in [5.74, 6) is -2.19. The van der Waals surface area contributed by atoms with Crippen LogP contribution in [0.1, 0.15) is 176 Å². The van der Waals surface area contributed by atoms with Crippen molar-refractivity contribution >= 4 is 61.7 Å². The van der Waals surface area contributed by atoms with Crippen molar-refractivity contribution < 1.29 is 94.7 Å². The SMILES string of the molecule is COc1ccc(COC[C@H](C)[C@H]2O[C@@]2(C)[C@@H](O[Si](C)(C)C(C)(C)C)[C@@H](CO[Si](C)(C)C(C)(C)C)[C@@H](O)[C@@H](CO[Si](C)(C)C(C)(C)C)[C@@H](O)CC(=O)N(C)OC)cc1.COc1ccc(COC[C@H](C)[C@H]2O[C@@]2(C)[C@@H](O[Si](C)(C)C(C)(C)C)[C@@H](CO[Si](C)(C)C(C)(C)C)[C@@H](O)[C@@H](CO[Si](C)(C)C(C)(C)C)[C@H](O)CC(=O)N(C)OC)cc1. The normalized spacial score (nSPS) is 21.7. The van der Waals surface area contributed by atoms with Crippen LogP contribution in [0.4, 0.5) is 0 Å². The van der Waals surface area contributed by atoms with Crippen molar-refractivity contribution in [2.24, 2.45) is 35.5 Å². The van der Waals surface area contributed by atoms with Gasteiger partial charge in [-0.25, -0.2) is 10.1 Å². The molecule has 0 aliphatic carbocycles. The number of methoxy groups -OCH3 is 2. The molecule has 4 rings (SSSR count). The lowest BCUT2D eigenvalue weighted by Crippen LogP contribution is -2.58. The number of hydroxylamine groups is 4. The van der Waals surface area contributed by atoms with E-state index in [9.17, 15) is 30.0 Å². The van der Waals surface area contributed by atoms with Crippen LogP contribution in [-0.4, -0.2) is 234 Å². The summed E-state index contributed by atoms with van der Waals surface area (Å²) in [5, 5.41) is 51.3. The Bertz CT molecular complexity index is 3020. The van der Waals surface area contributed by atoms with E-state index in [-0.39, 0.29) is 93.5 Å². The minimum absolute atomic E-state index is 0.00312. The van der Waals surface area contributed by atoms with Crippen LogP contribution in [0, 0.1) is 35.5 Å². The molecule has 2 aromatic carbocycles. The summed E-state index contributed by atoms with van der Waals surface area (Å²) in [6.07, 6.45) is -7.06. The van der Waals surface area contributed by atoms with E-state index in [0.717, 1.165) is 32.8 Å². The van der Waals surface area contributed by atoms with Crippen LogP contribution in [0.15, 0.2) is 48.5 Å². The summed E-state index contributed by atoms with van der Waals surface area (Å²) in [6, 6.07) is 15.7. The lowest BCUT2D eigenvalue weighted by molar-refractivity contribution is -0.173. The molecule has 0 radical (unpaired) electrons. The van der Waals surface area contributed by atoms with Crippen molar-refractivity contribution in [2.75, 3.05) is 82.2 Å². The first-order valence-corrected chi connectivity index (χ1v) is 59.0. The van der Waals surface area contributed by atoms with Crippen LogP contribution in [0.2, 0.25) is 109 Å². The Morgan fingerprint density at radius 3 is 0.860 bits per heavy atom. The quantitative estimate of drug-likeness (QED) is 0.0273. The van der Waals surface area contributed by atoms with Crippen molar-refractivity contribution in [3.63, 3.8) is 0 Å². The monoisotopic (exact) mass is 1720 g/mol. The molecule has 2 amide bonds. The van der Waals surface area contributed by atoms with Gasteiger partial charge in [0.2, 0.25) is 11.8 Å². The largest absolute Gasteiger partial charge is 0.497 e. The first-order valence-electron chi connectivity index (χ1n) is 41.5. The second-order valence-electron chi connectivity index (χ2n) is 42.3. The Morgan fingerprint density at radius 1 is 0.404 bits per heavy atom. The van der Waals surface area contributed by atoms with E-state index in [2.05, 4.69) is 231 Å². The fraction of sp³-hybridized carbons (Fsp3) is 0.837. The second kappa shape index (κ2) is 41.2. The van der Waals surface area contributed by atoms with E-state index in [0.29, 0.717) is 26.4 Å². The molecule has 2 aromatic rings. The Morgan fingerprint density at radius 2 is 0.640 bits per heavy atom. The van der Waals surface area contributed by atoms with Gasteiger partial charge < -0.3 is 75.4 Å². The highest BCUT2D eigenvalue weighted by Gasteiger charge is 2.67. The first kappa shape index (κ1) is 106. The number of aliphatic hydroxyl groups excluding tert-OH is 4. The molecule has 2 aliphatic rings. The zero-order chi connectivity index (χ0) is 88.3. The zero-order valence-electron chi connectivity index (χ0n) is 79.0. The number of epoxide rings is 2. The average Bonchev–Trinajstić information content (AvgIpc) is 1.57. The van der Waals surface area contributed by atoms with E-state index in [1.54, 1.807) is 14.2 Å². The second-order valence-corrected chi connectivity index (χ2v) is 71.1. The van der Waals surface area contributed by atoms with Gasteiger partial charge in [0.15, 0.2) is 49.9 Å². The molecule has 2 saturated heterocycles. The molecule has 22 nitrogen and oxygen atoms in total. The maximum absolute atomic E-state index is 13.2. The van der Waals surface area contributed by atoms with Crippen LogP contribution >= 0.6 is 0 Å². The number of amides is 2. The van der Waals surface area contributed by atoms with Gasteiger partial charge in [-0.2, -0.15) is 0 Å². The summed E-state index contributed by atoms with van der Waals surface area (Å²) in [4.78, 5) is 36.7. The van der Waals surface area contributed by atoms with Crippen LogP contribution in [0.5, 0.6) is 11.5 Å². The Labute approximate surface area is 698 Å². The topological polar surface area (TPSA) is 257 Å². The Kier molecular flexibility index (Phi) is 38.3. The minimum Gasteiger partial charge on any atom is -0.497 e. The average molecular weight is 1720 g/mol. The zero-order valence-corrected chi connectivity index (χ0v) is 85.0. The molecule has 2 fully saturated rings. The van der Waals surface area contributed by atoms with Crippen molar-refractivity contribution in [1.82, 2.24) is 10.1 Å². The Hall–Kier alpha value is -2.36. The molecule has 0 spiro atoms. The van der Waals surface area contributed by atoms with Gasteiger partial charge in [0, 0.05) is 76.0 Å². The smallest absolute Gasteiger partial charge is 0.248 e. The third-order valence-electron chi connectivity index (χ3n) is 27.3. The van der Waals surface area contributed by atoms with Crippen LogP contribution in [0.3, 0.4) is 0 Å². The number of nitrogens with zero attached hydrogens (tertiary/aromatic N) is 2. The van der Waals surface area contributed by atoms with Crippen LogP contribution in [-0.2, 0) is 78.0 Å². The molecule has 16 atom stereocenters. The molecule has 664 valence electrons. The molecular weight excluding hydrogens is 1550 g/mol. The summed E-state index contributed by atoms with van der Waals surface area (Å²) < 4.78 is 78.9. The summed E-state index contributed by atoms with van der Waals surface area (Å²) in [5.41, 5.74) is 0.491. The summed E-state index contributed by atoms with van der Waals surface area (Å²) in [6.45, 7) is 76.3. The maximum Gasteiger partial charge on any atom is 0.248 e. The number of hydrogen-bond donors (Lipinski definition) is 4.